The van der Waals surface area contributed by atoms with E-state index in [2.05, 4.69) is 168 Å². The molecule has 0 saturated heterocycles. The number of hydrogen-bond donors (Lipinski definition) is 0. The van der Waals surface area contributed by atoms with E-state index >= 15 is 0 Å². The highest BCUT2D eigenvalue weighted by Crippen LogP contribution is 2.32. The van der Waals surface area contributed by atoms with Crippen LogP contribution < -0.4 is 0 Å². The Labute approximate surface area is 222 Å². The minimum absolute atomic E-state index is 0.134. The van der Waals surface area contributed by atoms with Gasteiger partial charge in [-0.15, -0.1) is 0 Å². The second-order valence-electron chi connectivity index (χ2n) is 14.2. The van der Waals surface area contributed by atoms with E-state index < -0.39 is 0 Å². The van der Waals surface area contributed by atoms with Gasteiger partial charge in [-0.3, -0.25) is 0 Å². The first-order valence-corrected chi connectivity index (χ1v) is 13.4. The lowest BCUT2D eigenvalue weighted by atomic mass is 9.79. The number of benzene rings is 2. The molecule has 0 N–H and O–H groups in total. The molecule has 0 unspecified atom stereocenters. The summed E-state index contributed by atoms with van der Waals surface area (Å²) < 4.78 is 0. The Morgan fingerprint density at radius 3 is 0.778 bits per heavy atom. The second-order valence-corrected chi connectivity index (χ2v) is 14.2. The van der Waals surface area contributed by atoms with Crippen LogP contribution in [0.5, 0.6) is 0 Å². The summed E-state index contributed by atoms with van der Waals surface area (Å²) in [6.45, 7) is 27.4. The molecule has 0 spiro atoms. The largest absolute Gasteiger partial charge is 0.0623 e. The molecule has 0 radical (unpaired) electrons. The zero-order chi connectivity index (χ0) is 27.4. The van der Waals surface area contributed by atoms with Crippen LogP contribution in [0.3, 0.4) is 0 Å². The molecule has 0 amide bonds. The molecule has 0 aliphatic heterocycles. The predicted molar refractivity (Wildman–Crippen MR) is 164 cm³/mol. The van der Waals surface area contributed by atoms with E-state index in [-0.39, 0.29) is 21.7 Å². The molecule has 0 aromatic heterocycles. The van der Waals surface area contributed by atoms with E-state index in [1.165, 1.54) is 33.4 Å². The predicted octanol–water partition coefficient (Wildman–Crippen LogP) is 10.7. The van der Waals surface area contributed by atoms with Gasteiger partial charge in [0.15, 0.2) is 0 Å². The van der Waals surface area contributed by atoms with Crippen LogP contribution in [0.4, 0.5) is 0 Å². The summed E-state index contributed by atoms with van der Waals surface area (Å²) in [6.07, 6.45) is 17.0. The second kappa shape index (κ2) is 11.2. The first-order valence-electron chi connectivity index (χ1n) is 13.4. The molecule has 2 rings (SSSR count). The van der Waals surface area contributed by atoms with Crippen molar-refractivity contribution in [3.8, 4) is 0 Å². The minimum Gasteiger partial charge on any atom is -0.0623 e. The van der Waals surface area contributed by atoms with Crippen LogP contribution in [-0.4, -0.2) is 0 Å². The van der Waals surface area contributed by atoms with Gasteiger partial charge in [-0.2, -0.15) is 0 Å². The molecule has 0 aliphatic rings. The lowest BCUT2D eigenvalue weighted by molar-refractivity contribution is 0.568. The third-order valence-electron chi connectivity index (χ3n) is 6.51. The third kappa shape index (κ3) is 9.12. The quantitative estimate of drug-likeness (QED) is 0.372. The lowest BCUT2D eigenvalue weighted by Gasteiger charge is -2.25. The zero-order valence-electron chi connectivity index (χ0n) is 25.1. The molecule has 0 fully saturated rings. The highest BCUT2D eigenvalue weighted by molar-refractivity contribution is 5.57. The van der Waals surface area contributed by atoms with Crippen LogP contribution in [-0.2, 0) is 21.7 Å². The van der Waals surface area contributed by atoms with Gasteiger partial charge in [0.2, 0.25) is 0 Å². The minimum atomic E-state index is 0.134. The van der Waals surface area contributed by atoms with Crippen LogP contribution in [0.1, 0.15) is 116 Å². The Hall–Kier alpha value is -2.60. The topological polar surface area (TPSA) is 0 Å². The van der Waals surface area contributed by atoms with E-state index in [0.29, 0.717) is 0 Å². The Morgan fingerprint density at radius 2 is 0.556 bits per heavy atom. The first-order chi connectivity index (χ1) is 16.4. The Balaban J connectivity index is 2.15. The molecule has 194 valence electrons. The fourth-order valence-corrected chi connectivity index (χ4v) is 3.82. The van der Waals surface area contributed by atoms with E-state index in [0.717, 1.165) is 0 Å². The van der Waals surface area contributed by atoms with Gasteiger partial charge in [0, 0.05) is 0 Å². The summed E-state index contributed by atoms with van der Waals surface area (Å²) >= 11 is 0. The van der Waals surface area contributed by atoms with Crippen LogP contribution in [0.25, 0.3) is 12.2 Å². The van der Waals surface area contributed by atoms with Crippen molar-refractivity contribution < 1.29 is 0 Å². The maximum atomic E-state index is 2.36. The van der Waals surface area contributed by atoms with Crippen molar-refractivity contribution in [1.82, 2.24) is 0 Å². The van der Waals surface area contributed by atoms with Gasteiger partial charge in [0.05, 0.1) is 0 Å². The van der Waals surface area contributed by atoms with Gasteiger partial charge in [-0.25, -0.2) is 0 Å². The van der Waals surface area contributed by atoms with Gasteiger partial charge >= 0.3 is 0 Å². The summed E-state index contributed by atoms with van der Waals surface area (Å²) in [5.74, 6) is 0. The SMILES string of the molecule is CC(C)(C)c1cc(/C=C/C=C/C=C/C=C/c2cc(C(C)(C)C)cc(C(C)(C)C)c2)cc(C(C)(C)C)c1. The monoisotopic (exact) mass is 482 g/mol. The lowest BCUT2D eigenvalue weighted by Crippen LogP contribution is -2.16. The highest BCUT2D eigenvalue weighted by Gasteiger charge is 2.21. The maximum Gasteiger partial charge on any atom is -0.0132 e. The average Bonchev–Trinajstić information content (AvgIpc) is 2.72. The van der Waals surface area contributed by atoms with E-state index in [4.69, 9.17) is 0 Å². The van der Waals surface area contributed by atoms with Crippen molar-refractivity contribution in [2.24, 2.45) is 0 Å². The molecule has 36 heavy (non-hydrogen) atoms. The number of rotatable bonds is 5. The molecular formula is C36H50. The van der Waals surface area contributed by atoms with Crippen LogP contribution in [0, 0.1) is 0 Å². The highest BCUT2D eigenvalue weighted by atomic mass is 14.3. The Bertz CT molecular complexity index is 976. The van der Waals surface area contributed by atoms with Crippen LogP contribution in [0.2, 0.25) is 0 Å². The number of hydrogen-bond acceptors (Lipinski definition) is 0. The Kier molecular flexibility index (Phi) is 9.22. The normalized spacial score (nSPS) is 14.2. The zero-order valence-corrected chi connectivity index (χ0v) is 25.1. The Morgan fingerprint density at radius 1 is 0.333 bits per heavy atom. The van der Waals surface area contributed by atoms with Crippen molar-refractivity contribution in [3.63, 3.8) is 0 Å². The molecule has 2 aromatic carbocycles. The van der Waals surface area contributed by atoms with Crippen molar-refractivity contribution in [1.29, 1.82) is 0 Å². The smallest absolute Gasteiger partial charge is 0.0132 e. The molecular weight excluding hydrogens is 432 g/mol. The summed E-state index contributed by atoms with van der Waals surface area (Å²) in [6, 6.07) is 14.0. The van der Waals surface area contributed by atoms with Gasteiger partial charge in [-0.05, 0) is 55.0 Å². The fourth-order valence-electron chi connectivity index (χ4n) is 3.82. The summed E-state index contributed by atoms with van der Waals surface area (Å²) in [7, 11) is 0. The van der Waals surface area contributed by atoms with Crippen LogP contribution >= 0.6 is 0 Å². The standard InChI is InChI=1S/C36H50/c1-33(2,3)29-21-27(22-30(25-29)34(4,5)6)19-17-15-13-14-16-18-20-28-23-31(35(7,8)9)26-32(24-28)36(10,11)12/h13-26H,1-12H3/b15-13+,16-14+,19-17+,20-18+. The third-order valence-corrected chi connectivity index (χ3v) is 6.51. The van der Waals surface area contributed by atoms with Crippen LogP contribution in [0.15, 0.2) is 72.9 Å². The van der Waals surface area contributed by atoms with Gasteiger partial charge < -0.3 is 0 Å². The summed E-state index contributed by atoms with van der Waals surface area (Å²) in [5, 5.41) is 0. The molecule has 0 nitrogen and oxygen atoms in total. The van der Waals surface area contributed by atoms with E-state index in [1.54, 1.807) is 0 Å². The average molecular weight is 483 g/mol. The fraction of sp³-hybridized carbons (Fsp3) is 0.444. The molecule has 0 atom stereocenters. The molecule has 0 bridgehead atoms. The summed E-state index contributed by atoms with van der Waals surface area (Å²) in [4.78, 5) is 0. The molecule has 2 aromatic rings. The van der Waals surface area contributed by atoms with Crippen molar-refractivity contribution in [3.05, 3.63) is 106 Å². The van der Waals surface area contributed by atoms with Crippen molar-refractivity contribution >= 4 is 12.2 Å². The van der Waals surface area contributed by atoms with Crippen molar-refractivity contribution in [2.75, 3.05) is 0 Å². The van der Waals surface area contributed by atoms with Gasteiger partial charge in [0.25, 0.3) is 0 Å². The number of allylic oxidation sites excluding steroid dienone is 6. The first kappa shape index (κ1) is 29.6. The van der Waals surface area contributed by atoms with Gasteiger partial charge in [-0.1, -0.05) is 168 Å². The molecule has 0 aliphatic carbocycles. The van der Waals surface area contributed by atoms with Crippen molar-refractivity contribution in [2.45, 2.75) is 105 Å². The maximum absolute atomic E-state index is 2.36. The molecule has 0 saturated carbocycles. The van der Waals surface area contributed by atoms with E-state index in [1.807, 2.05) is 0 Å². The summed E-state index contributed by atoms with van der Waals surface area (Å²) in [5.41, 5.74) is 8.58. The van der Waals surface area contributed by atoms with E-state index in [9.17, 15) is 0 Å². The van der Waals surface area contributed by atoms with Gasteiger partial charge in [0.1, 0.15) is 0 Å². The molecule has 0 heteroatoms. The molecule has 0 heterocycles.